The van der Waals surface area contributed by atoms with Crippen LogP contribution in [-0.2, 0) is 5.75 Å². The lowest BCUT2D eigenvalue weighted by atomic mass is 10.3. The van der Waals surface area contributed by atoms with E-state index in [1.165, 1.54) is 22.4 Å². The summed E-state index contributed by atoms with van der Waals surface area (Å²) >= 11 is 1.48. The van der Waals surface area contributed by atoms with Crippen molar-refractivity contribution in [2.24, 2.45) is 0 Å². The molecule has 164 valence electrons. The number of amides is 2. The smallest absolute Gasteiger partial charge is 0.323 e. The number of hydrogen-bond donors (Lipinski definition) is 2. The predicted octanol–water partition coefficient (Wildman–Crippen LogP) is 4.93. The van der Waals surface area contributed by atoms with Gasteiger partial charge in [-0.15, -0.1) is 16.3 Å². The quantitative estimate of drug-likeness (QED) is 0.388. The van der Waals surface area contributed by atoms with Crippen LogP contribution in [-0.4, -0.2) is 22.2 Å². The summed E-state index contributed by atoms with van der Waals surface area (Å²) in [6.07, 6.45) is 0. The first-order valence-corrected chi connectivity index (χ1v) is 11.0. The number of nitrogens with zero attached hydrogens (tertiary/aromatic N) is 2. The number of fused-ring (bicyclic) bond motifs is 1. The minimum Gasteiger partial charge on any atom is -0.494 e. The number of aryl methyl sites for hydroxylation is 1. The van der Waals surface area contributed by atoms with Crippen LogP contribution >= 0.6 is 11.8 Å². The molecule has 8 nitrogen and oxygen atoms in total. The largest absolute Gasteiger partial charge is 0.494 e. The first-order chi connectivity index (χ1) is 15.5. The number of carbonyl (C=O) groups excluding carboxylic acids is 1. The van der Waals surface area contributed by atoms with Gasteiger partial charge in [0.2, 0.25) is 0 Å². The molecule has 4 rings (SSSR count). The van der Waals surface area contributed by atoms with Crippen molar-refractivity contribution in [3.63, 3.8) is 0 Å². The molecule has 2 aromatic heterocycles. The van der Waals surface area contributed by atoms with Crippen LogP contribution in [0.3, 0.4) is 0 Å². The summed E-state index contributed by atoms with van der Waals surface area (Å²) in [6.45, 7) is 4.27. The zero-order valence-electron chi connectivity index (χ0n) is 17.6. The summed E-state index contributed by atoms with van der Waals surface area (Å²) in [5, 5.41) is 5.68. The minimum atomic E-state index is -0.353. The topological polar surface area (TPSA) is 97.9 Å². The van der Waals surface area contributed by atoms with Crippen LogP contribution < -0.4 is 20.9 Å². The van der Waals surface area contributed by atoms with Gasteiger partial charge >= 0.3 is 6.03 Å². The lowest BCUT2D eigenvalue weighted by molar-refractivity contribution is 0.262. The predicted molar refractivity (Wildman–Crippen MR) is 125 cm³/mol. The van der Waals surface area contributed by atoms with E-state index in [2.05, 4.69) is 15.6 Å². The molecule has 9 heteroatoms. The molecule has 0 radical (unpaired) electrons. The Morgan fingerprint density at radius 1 is 1.12 bits per heavy atom. The molecule has 0 aliphatic heterocycles. The molecule has 4 aromatic rings. The number of ether oxygens (including phenoxy) is 1. The van der Waals surface area contributed by atoms with E-state index in [-0.39, 0.29) is 11.6 Å². The highest BCUT2D eigenvalue weighted by Gasteiger charge is 2.10. The summed E-state index contributed by atoms with van der Waals surface area (Å²) in [6, 6.07) is 17.5. The third-order valence-corrected chi connectivity index (χ3v) is 5.57. The normalized spacial score (nSPS) is 10.8. The van der Waals surface area contributed by atoms with Gasteiger partial charge in [0.15, 0.2) is 5.65 Å². The van der Waals surface area contributed by atoms with Gasteiger partial charge in [0.25, 0.3) is 5.56 Å². The van der Waals surface area contributed by atoms with Crippen molar-refractivity contribution in [3.05, 3.63) is 82.5 Å². The van der Waals surface area contributed by atoms with Gasteiger partial charge in [-0.1, -0.05) is 12.1 Å². The molecule has 0 aliphatic rings. The van der Waals surface area contributed by atoms with Gasteiger partial charge in [0, 0.05) is 28.5 Å². The molecule has 0 aliphatic carbocycles. The molecular weight excluding hydrogens is 428 g/mol. The molecule has 2 amide bonds. The second kappa shape index (κ2) is 9.61. The highest BCUT2D eigenvalue weighted by Crippen LogP contribution is 2.29. The monoisotopic (exact) mass is 450 g/mol. The highest BCUT2D eigenvalue weighted by molar-refractivity contribution is 7.98. The Labute approximate surface area is 188 Å². The van der Waals surface area contributed by atoms with E-state index >= 15 is 0 Å². The second-order valence-electron chi connectivity index (χ2n) is 6.91. The molecule has 0 atom stereocenters. The summed E-state index contributed by atoms with van der Waals surface area (Å²) < 4.78 is 11.9. The Balaban J connectivity index is 1.42. The van der Waals surface area contributed by atoms with E-state index in [4.69, 9.17) is 9.26 Å². The Hall–Kier alpha value is -3.72. The molecule has 0 saturated heterocycles. The number of rotatable bonds is 7. The van der Waals surface area contributed by atoms with E-state index in [1.807, 2.05) is 31.2 Å². The number of nitrogens with one attached hydrogen (secondary N) is 2. The fourth-order valence-electron chi connectivity index (χ4n) is 3.08. The fraction of sp³-hybridized carbons (Fsp3) is 0.174. The van der Waals surface area contributed by atoms with Crippen LogP contribution in [0.4, 0.5) is 16.2 Å². The van der Waals surface area contributed by atoms with Gasteiger partial charge in [-0.25, -0.2) is 9.78 Å². The molecule has 32 heavy (non-hydrogen) atoms. The molecule has 2 N–H and O–H groups in total. The number of thioether (sulfide) groups is 1. The van der Waals surface area contributed by atoms with Gasteiger partial charge < -0.3 is 19.9 Å². The van der Waals surface area contributed by atoms with Gasteiger partial charge in [-0.05, 0) is 50.2 Å². The summed E-state index contributed by atoms with van der Waals surface area (Å²) in [7, 11) is 0. The number of carbonyl (C=O) groups is 1. The maximum absolute atomic E-state index is 12.5. The molecule has 0 unspecified atom stereocenters. The second-order valence-corrected chi connectivity index (χ2v) is 7.92. The summed E-state index contributed by atoms with van der Waals surface area (Å²) in [5.74, 6) is 1.83. The average molecular weight is 451 g/mol. The number of hydrogen-bond acceptors (Lipinski definition) is 6. The third kappa shape index (κ3) is 5.12. The first kappa shape index (κ1) is 21.5. The third-order valence-electron chi connectivity index (χ3n) is 4.46. The Kier molecular flexibility index (Phi) is 6.46. The number of urea groups is 1. The van der Waals surface area contributed by atoms with Gasteiger partial charge in [-0.3, -0.25) is 4.79 Å². The van der Waals surface area contributed by atoms with E-state index in [0.29, 0.717) is 40.8 Å². The van der Waals surface area contributed by atoms with Crippen molar-refractivity contribution in [1.82, 2.24) is 9.56 Å². The van der Waals surface area contributed by atoms with Crippen molar-refractivity contribution in [1.29, 1.82) is 0 Å². The van der Waals surface area contributed by atoms with Crippen LogP contribution in [0.2, 0.25) is 0 Å². The maximum atomic E-state index is 12.5. The molecule has 0 spiro atoms. The number of para-hydroxylation sites is 1. The summed E-state index contributed by atoms with van der Waals surface area (Å²) in [4.78, 5) is 30.0. The Morgan fingerprint density at radius 3 is 2.69 bits per heavy atom. The standard InChI is InChI=1S/C23H22N4O4S/c1-3-30-18-10-8-16(9-11-18)25-23(29)26-19-6-4-5-7-20(19)32-14-17-13-22(28)27-21(24-17)12-15(2)31-27/h4-13H,3,14H2,1-2H3,(H2,25,26,29). The molecular formula is C23H22N4O4S. The lowest BCUT2D eigenvalue weighted by Crippen LogP contribution is -2.19. The summed E-state index contributed by atoms with van der Waals surface area (Å²) in [5.41, 5.74) is 2.17. The minimum absolute atomic E-state index is 0.264. The van der Waals surface area contributed by atoms with Gasteiger partial charge in [0.1, 0.15) is 11.5 Å². The maximum Gasteiger partial charge on any atom is 0.323 e. The van der Waals surface area contributed by atoms with E-state index in [0.717, 1.165) is 10.6 Å². The Bertz CT molecular complexity index is 1300. The van der Waals surface area contributed by atoms with Crippen molar-refractivity contribution in [2.45, 2.75) is 24.5 Å². The van der Waals surface area contributed by atoms with Crippen LogP contribution in [0, 0.1) is 6.92 Å². The molecule has 0 saturated carbocycles. The van der Waals surface area contributed by atoms with Crippen LogP contribution in [0.1, 0.15) is 18.4 Å². The SMILES string of the molecule is CCOc1ccc(NC(=O)Nc2ccccc2SCc2cc(=O)n3oc(C)cc3n2)cc1. The number of aromatic nitrogens is 2. The number of anilines is 2. The average Bonchev–Trinajstić information content (AvgIpc) is 3.15. The zero-order chi connectivity index (χ0) is 22.5. The number of benzene rings is 2. The molecule has 0 fully saturated rings. The van der Waals surface area contributed by atoms with Crippen molar-refractivity contribution in [2.75, 3.05) is 17.2 Å². The van der Waals surface area contributed by atoms with Crippen molar-refractivity contribution in [3.8, 4) is 5.75 Å². The van der Waals surface area contributed by atoms with Crippen molar-refractivity contribution >= 4 is 34.8 Å². The van der Waals surface area contributed by atoms with Gasteiger partial charge in [-0.2, -0.15) is 0 Å². The van der Waals surface area contributed by atoms with E-state index in [9.17, 15) is 9.59 Å². The molecule has 2 aromatic carbocycles. The first-order valence-electron chi connectivity index (χ1n) is 10.0. The van der Waals surface area contributed by atoms with Gasteiger partial charge in [0.05, 0.1) is 18.0 Å². The van der Waals surface area contributed by atoms with Crippen LogP contribution in [0.15, 0.2) is 74.9 Å². The fourth-order valence-corrected chi connectivity index (χ4v) is 3.98. The lowest BCUT2D eigenvalue weighted by Gasteiger charge is -2.12. The van der Waals surface area contributed by atoms with E-state index < -0.39 is 0 Å². The molecule has 2 heterocycles. The van der Waals surface area contributed by atoms with Crippen molar-refractivity contribution < 1.29 is 14.1 Å². The van der Waals surface area contributed by atoms with Crippen LogP contribution in [0.25, 0.3) is 5.65 Å². The highest BCUT2D eigenvalue weighted by atomic mass is 32.2. The van der Waals surface area contributed by atoms with E-state index in [1.54, 1.807) is 37.3 Å². The Morgan fingerprint density at radius 2 is 1.91 bits per heavy atom. The van der Waals surface area contributed by atoms with Crippen LogP contribution in [0.5, 0.6) is 5.75 Å². The molecule has 0 bridgehead atoms. The zero-order valence-corrected chi connectivity index (χ0v) is 18.4.